The zero-order valence-corrected chi connectivity index (χ0v) is 16.2. The Hall–Kier alpha value is -1.35. The predicted molar refractivity (Wildman–Crippen MR) is 97.4 cm³/mol. The number of nitrogens with zero attached hydrogens (tertiary/aromatic N) is 1. The van der Waals surface area contributed by atoms with Crippen LogP contribution >= 0.6 is 0 Å². The average molecular weight is 378 g/mol. The Balaban J connectivity index is 2.19. The number of carbonyl (C=O) groups is 1. The molecule has 0 heterocycles. The summed E-state index contributed by atoms with van der Waals surface area (Å²) in [7, 11) is -1.28. The van der Waals surface area contributed by atoms with Crippen molar-refractivity contribution in [3.05, 3.63) is 0 Å². The van der Waals surface area contributed by atoms with E-state index in [-0.39, 0.29) is 30.3 Å². The van der Waals surface area contributed by atoms with Crippen molar-refractivity contribution in [3.63, 3.8) is 0 Å². The number of guanidine groups is 1. The van der Waals surface area contributed by atoms with Crippen LogP contribution in [0, 0.1) is 5.92 Å². The normalized spacial score (nSPS) is 21.6. The summed E-state index contributed by atoms with van der Waals surface area (Å²) in [6.45, 7) is 3.41. The fraction of sp³-hybridized carbons (Fsp3) is 0.875. The van der Waals surface area contributed by atoms with Crippen LogP contribution in [0.25, 0.3) is 0 Å². The smallest absolute Gasteiger partial charge is 0.308 e. The molecule has 25 heavy (non-hydrogen) atoms. The molecule has 0 bridgehead atoms. The van der Waals surface area contributed by atoms with E-state index in [1.165, 1.54) is 6.26 Å². The van der Waals surface area contributed by atoms with Crippen LogP contribution in [0.2, 0.25) is 0 Å². The van der Waals surface area contributed by atoms with Crippen LogP contribution < -0.4 is 10.6 Å². The number of sulfone groups is 1. The van der Waals surface area contributed by atoms with Gasteiger partial charge in [-0.2, -0.15) is 0 Å². The lowest BCUT2D eigenvalue weighted by atomic mass is 9.86. The summed E-state index contributed by atoms with van der Waals surface area (Å²) in [4.78, 5) is 15.9. The maximum Gasteiger partial charge on any atom is 0.308 e. The van der Waals surface area contributed by atoms with Crippen molar-refractivity contribution in [2.75, 3.05) is 45.4 Å². The van der Waals surface area contributed by atoms with E-state index >= 15 is 0 Å². The van der Waals surface area contributed by atoms with E-state index in [4.69, 9.17) is 9.47 Å². The summed E-state index contributed by atoms with van der Waals surface area (Å²) in [6.07, 6.45) is 4.63. The van der Waals surface area contributed by atoms with Gasteiger partial charge >= 0.3 is 5.97 Å². The SMILES string of the molecule is CCOC(=O)C1CCC(NC(=NC)NCCOCCS(C)(=O)=O)CC1. The van der Waals surface area contributed by atoms with E-state index in [9.17, 15) is 13.2 Å². The quantitative estimate of drug-likeness (QED) is 0.258. The first-order valence-electron chi connectivity index (χ1n) is 8.75. The first-order chi connectivity index (χ1) is 11.9. The molecule has 0 radical (unpaired) electrons. The number of hydrogen-bond donors (Lipinski definition) is 2. The molecule has 0 unspecified atom stereocenters. The van der Waals surface area contributed by atoms with Crippen LogP contribution in [-0.2, 0) is 24.1 Å². The van der Waals surface area contributed by atoms with Gasteiger partial charge in [0.2, 0.25) is 0 Å². The summed E-state index contributed by atoms with van der Waals surface area (Å²) in [5, 5.41) is 6.49. The van der Waals surface area contributed by atoms with Crippen molar-refractivity contribution in [3.8, 4) is 0 Å². The lowest BCUT2D eigenvalue weighted by Crippen LogP contribution is -2.46. The summed E-state index contributed by atoms with van der Waals surface area (Å²) >= 11 is 0. The minimum atomic E-state index is -2.98. The molecule has 1 aliphatic rings. The third kappa shape index (κ3) is 9.64. The molecule has 1 fully saturated rings. The number of aliphatic imine (C=N–C) groups is 1. The Morgan fingerprint density at radius 3 is 2.44 bits per heavy atom. The van der Waals surface area contributed by atoms with Crippen LogP contribution in [0.5, 0.6) is 0 Å². The largest absolute Gasteiger partial charge is 0.466 e. The third-order valence-electron chi connectivity index (χ3n) is 4.05. The molecule has 0 aromatic rings. The highest BCUT2D eigenvalue weighted by Crippen LogP contribution is 2.25. The number of nitrogens with one attached hydrogen (secondary N) is 2. The predicted octanol–water partition coefficient (Wildman–Crippen LogP) is 0.335. The van der Waals surface area contributed by atoms with Crippen LogP contribution in [0.15, 0.2) is 4.99 Å². The van der Waals surface area contributed by atoms with E-state index < -0.39 is 9.84 Å². The van der Waals surface area contributed by atoms with E-state index in [2.05, 4.69) is 15.6 Å². The first kappa shape index (κ1) is 21.7. The van der Waals surface area contributed by atoms with Crippen molar-refractivity contribution >= 4 is 21.8 Å². The van der Waals surface area contributed by atoms with Gasteiger partial charge in [-0.1, -0.05) is 0 Å². The van der Waals surface area contributed by atoms with Crippen molar-refractivity contribution in [2.24, 2.45) is 10.9 Å². The van der Waals surface area contributed by atoms with Crippen LogP contribution in [0.1, 0.15) is 32.6 Å². The fourth-order valence-corrected chi connectivity index (χ4v) is 3.10. The Labute approximate surface area is 150 Å². The second kappa shape index (κ2) is 11.3. The van der Waals surface area contributed by atoms with Crippen molar-refractivity contribution in [1.29, 1.82) is 0 Å². The standard InChI is InChI=1S/C16H31N3O5S/c1-4-24-15(20)13-5-7-14(8-6-13)19-16(17-2)18-9-10-23-11-12-25(3,21)22/h13-14H,4-12H2,1-3H3,(H2,17,18,19). The Morgan fingerprint density at radius 1 is 1.20 bits per heavy atom. The van der Waals surface area contributed by atoms with Gasteiger partial charge in [0.25, 0.3) is 0 Å². The molecule has 146 valence electrons. The molecule has 2 N–H and O–H groups in total. The van der Waals surface area contributed by atoms with Gasteiger partial charge in [-0.25, -0.2) is 8.42 Å². The topological polar surface area (TPSA) is 106 Å². The lowest BCUT2D eigenvalue weighted by molar-refractivity contribution is -0.149. The summed E-state index contributed by atoms with van der Waals surface area (Å²) < 4.78 is 32.3. The van der Waals surface area contributed by atoms with Gasteiger partial charge in [0.05, 0.1) is 31.5 Å². The van der Waals surface area contributed by atoms with Gasteiger partial charge in [0.1, 0.15) is 9.84 Å². The molecular weight excluding hydrogens is 346 g/mol. The Bertz CT molecular complexity index is 528. The van der Waals surface area contributed by atoms with Crippen molar-refractivity contribution in [2.45, 2.75) is 38.6 Å². The number of rotatable bonds is 9. The van der Waals surface area contributed by atoms with E-state index in [0.29, 0.717) is 25.7 Å². The number of ether oxygens (including phenoxy) is 2. The molecule has 9 heteroatoms. The van der Waals surface area contributed by atoms with Crippen LogP contribution in [0.4, 0.5) is 0 Å². The minimum Gasteiger partial charge on any atom is -0.466 e. The summed E-state index contributed by atoms with van der Waals surface area (Å²) in [5.41, 5.74) is 0. The molecule has 1 rings (SSSR count). The van der Waals surface area contributed by atoms with Crippen LogP contribution in [-0.4, -0.2) is 71.8 Å². The lowest BCUT2D eigenvalue weighted by Gasteiger charge is -2.29. The highest BCUT2D eigenvalue weighted by Gasteiger charge is 2.27. The zero-order valence-electron chi connectivity index (χ0n) is 15.4. The number of hydrogen-bond acceptors (Lipinski definition) is 6. The molecule has 0 spiro atoms. The molecular formula is C16H31N3O5S. The minimum absolute atomic E-state index is 0.0104. The first-order valence-corrected chi connectivity index (χ1v) is 10.8. The van der Waals surface area contributed by atoms with E-state index in [1.807, 2.05) is 6.92 Å². The molecule has 8 nitrogen and oxygen atoms in total. The van der Waals surface area contributed by atoms with Crippen LogP contribution in [0.3, 0.4) is 0 Å². The molecule has 0 atom stereocenters. The van der Waals surface area contributed by atoms with E-state index in [0.717, 1.165) is 25.7 Å². The van der Waals surface area contributed by atoms with Gasteiger partial charge in [-0.3, -0.25) is 9.79 Å². The second-order valence-corrected chi connectivity index (χ2v) is 8.45. The van der Waals surface area contributed by atoms with Gasteiger partial charge in [0, 0.05) is 25.9 Å². The molecule has 1 saturated carbocycles. The second-order valence-electron chi connectivity index (χ2n) is 6.19. The summed E-state index contributed by atoms with van der Waals surface area (Å²) in [6, 6.07) is 0.281. The van der Waals surface area contributed by atoms with Gasteiger partial charge in [0.15, 0.2) is 5.96 Å². The molecule has 0 amide bonds. The van der Waals surface area contributed by atoms with Crippen molar-refractivity contribution in [1.82, 2.24) is 10.6 Å². The number of carbonyl (C=O) groups excluding carboxylic acids is 1. The molecule has 0 aromatic carbocycles. The Morgan fingerprint density at radius 2 is 1.88 bits per heavy atom. The van der Waals surface area contributed by atoms with Gasteiger partial charge < -0.3 is 20.1 Å². The highest BCUT2D eigenvalue weighted by molar-refractivity contribution is 7.90. The van der Waals surface area contributed by atoms with Gasteiger partial charge in [-0.15, -0.1) is 0 Å². The number of esters is 1. The maximum atomic E-state index is 11.7. The molecule has 1 aliphatic carbocycles. The third-order valence-corrected chi connectivity index (χ3v) is 4.96. The average Bonchev–Trinajstić information content (AvgIpc) is 2.56. The Kier molecular flexibility index (Phi) is 9.81. The maximum absolute atomic E-state index is 11.7. The monoisotopic (exact) mass is 377 g/mol. The van der Waals surface area contributed by atoms with Crippen molar-refractivity contribution < 1.29 is 22.7 Å². The van der Waals surface area contributed by atoms with Gasteiger partial charge in [-0.05, 0) is 32.6 Å². The molecule has 0 aromatic heterocycles. The highest BCUT2D eigenvalue weighted by atomic mass is 32.2. The fourth-order valence-electron chi connectivity index (χ4n) is 2.68. The van der Waals surface area contributed by atoms with E-state index in [1.54, 1.807) is 7.05 Å². The molecule has 0 saturated heterocycles. The molecule has 0 aliphatic heterocycles. The zero-order chi connectivity index (χ0) is 18.7. The summed E-state index contributed by atoms with van der Waals surface area (Å²) in [5.74, 6) is 0.640.